The number of alkyl halides is 3. The Morgan fingerprint density at radius 1 is 1.11 bits per heavy atom. The van der Waals surface area contributed by atoms with Crippen molar-refractivity contribution in [3.8, 4) is 11.3 Å². The van der Waals surface area contributed by atoms with Gasteiger partial charge >= 0.3 is 12.1 Å². The Hall–Kier alpha value is -3.27. The number of carboxylic acids is 1. The first-order valence-electron chi connectivity index (χ1n) is 11.7. The van der Waals surface area contributed by atoms with Gasteiger partial charge in [0.15, 0.2) is 0 Å². The molecular weight excluding hydrogens is 489 g/mol. The minimum atomic E-state index is -4.55. The van der Waals surface area contributed by atoms with Gasteiger partial charge in [-0.05, 0) is 48.6 Å². The van der Waals surface area contributed by atoms with Crippen molar-refractivity contribution < 1.29 is 23.1 Å². The van der Waals surface area contributed by atoms with Crippen LogP contribution in [0.1, 0.15) is 43.7 Å². The van der Waals surface area contributed by atoms with Crippen LogP contribution in [0.25, 0.3) is 11.3 Å². The molecule has 3 aromatic rings. The summed E-state index contributed by atoms with van der Waals surface area (Å²) >= 11 is 1.14. The molecular formula is C26H27F3N4O2S. The van der Waals surface area contributed by atoms with Crippen LogP contribution in [-0.2, 0) is 11.0 Å². The van der Waals surface area contributed by atoms with Gasteiger partial charge in [-0.2, -0.15) is 13.2 Å². The SMILES string of the molecule is CC(C)c1ccccc1-c1nc(NSc2cccc(N3CCC[C@@H](C(=O)O)C3)n2)ccc1C(F)(F)F. The largest absolute Gasteiger partial charge is 0.481 e. The van der Waals surface area contributed by atoms with E-state index in [1.54, 1.807) is 18.2 Å². The lowest BCUT2D eigenvalue weighted by Crippen LogP contribution is -2.39. The molecule has 0 aliphatic carbocycles. The molecule has 3 heterocycles. The van der Waals surface area contributed by atoms with Crippen LogP contribution in [0.4, 0.5) is 24.8 Å². The van der Waals surface area contributed by atoms with Crippen LogP contribution < -0.4 is 9.62 Å². The summed E-state index contributed by atoms with van der Waals surface area (Å²) in [6.45, 7) is 4.98. The zero-order chi connectivity index (χ0) is 25.9. The third kappa shape index (κ3) is 5.92. The van der Waals surface area contributed by atoms with Gasteiger partial charge in [-0.15, -0.1) is 0 Å². The molecule has 1 saturated heterocycles. The summed E-state index contributed by atoms with van der Waals surface area (Å²) < 4.78 is 44.5. The van der Waals surface area contributed by atoms with Crippen LogP contribution in [0.2, 0.25) is 0 Å². The molecule has 36 heavy (non-hydrogen) atoms. The minimum absolute atomic E-state index is 0.0255. The lowest BCUT2D eigenvalue weighted by atomic mass is 9.93. The molecule has 1 aromatic carbocycles. The van der Waals surface area contributed by atoms with Crippen LogP contribution >= 0.6 is 11.9 Å². The molecule has 0 spiro atoms. The molecule has 2 N–H and O–H groups in total. The molecule has 1 atom stereocenters. The first-order valence-corrected chi connectivity index (χ1v) is 12.5. The topological polar surface area (TPSA) is 78.4 Å². The Morgan fingerprint density at radius 3 is 2.61 bits per heavy atom. The molecule has 2 aromatic heterocycles. The van der Waals surface area contributed by atoms with Gasteiger partial charge in [0.25, 0.3) is 0 Å². The maximum atomic E-state index is 13.8. The molecule has 4 rings (SSSR count). The summed E-state index contributed by atoms with van der Waals surface area (Å²) in [6.07, 6.45) is -3.13. The molecule has 1 aliphatic rings. The molecule has 0 bridgehead atoms. The minimum Gasteiger partial charge on any atom is -0.481 e. The summed E-state index contributed by atoms with van der Waals surface area (Å²) in [6, 6.07) is 14.8. The number of aromatic nitrogens is 2. The highest BCUT2D eigenvalue weighted by atomic mass is 32.2. The van der Waals surface area contributed by atoms with E-state index in [0.717, 1.165) is 36.5 Å². The fourth-order valence-electron chi connectivity index (χ4n) is 4.29. The van der Waals surface area contributed by atoms with Crippen molar-refractivity contribution in [2.45, 2.75) is 43.8 Å². The van der Waals surface area contributed by atoms with Crippen LogP contribution in [0.15, 0.2) is 59.6 Å². The fraction of sp³-hybridized carbons (Fsp3) is 0.346. The highest BCUT2D eigenvalue weighted by molar-refractivity contribution is 8.00. The molecule has 1 fully saturated rings. The Kier molecular flexibility index (Phi) is 7.73. The van der Waals surface area contributed by atoms with Gasteiger partial charge in [0.05, 0.1) is 17.2 Å². The average molecular weight is 517 g/mol. The van der Waals surface area contributed by atoms with Crippen LogP contribution in [0, 0.1) is 5.92 Å². The maximum Gasteiger partial charge on any atom is 0.418 e. The molecule has 0 saturated carbocycles. The third-order valence-electron chi connectivity index (χ3n) is 6.10. The number of aliphatic carboxylic acids is 1. The van der Waals surface area contributed by atoms with E-state index < -0.39 is 23.6 Å². The Labute approximate surface area is 212 Å². The van der Waals surface area contributed by atoms with Crippen LogP contribution in [0.3, 0.4) is 0 Å². The van der Waals surface area contributed by atoms with E-state index in [2.05, 4.69) is 14.7 Å². The molecule has 1 aliphatic heterocycles. The summed E-state index contributed by atoms with van der Waals surface area (Å²) in [5, 5.41) is 9.94. The standard InChI is InChI=1S/C26H27F3N4O2S/c1-16(2)18-8-3-4-9-19(18)24-20(26(27,28)29)12-13-21(30-24)32-36-23-11-5-10-22(31-23)33-14-6-7-17(15-33)25(34)35/h3-5,8-13,16-17H,6-7,14-15H2,1-2H3,(H,30,32)(H,34,35)/t17-/m1/s1. The van der Waals surface area contributed by atoms with Gasteiger partial charge in [0.2, 0.25) is 0 Å². The van der Waals surface area contributed by atoms with Gasteiger partial charge in [0.1, 0.15) is 16.7 Å². The number of piperidine rings is 1. The molecule has 190 valence electrons. The predicted octanol–water partition coefficient (Wildman–Crippen LogP) is 6.71. The number of nitrogens with zero attached hydrogens (tertiary/aromatic N) is 3. The fourth-order valence-corrected chi connectivity index (χ4v) is 4.90. The first-order chi connectivity index (χ1) is 17.1. The molecule has 0 amide bonds. The Bertz CT molecular complexity index is 1240. The average Bonchev–Trinajstić information content (AvgIpc) is 2.87. The maximum absolute atomic E-state index is 13.8. The van der Waals surface area contributed by atoms with Gasteiger partial charge < -0.3 is 14.7 Å². The Balaban J connectivity index is 1.57. The second-order valence-corrected chi connectivity index (χ2v) is 9.82. The Morgan fingerprint density at radius 2 is 1.89 bits per heavy atom. The predicted molar refractivity (Wildman–Crippen MR) is 135 cm³/mol. The van der Waals surface area contributed by atoms with Crippen molar-refractivity contribution in [3.05, 3.63) is 65.7 Å². The number of rotatable bonds is 7. The van der Waals surface area contributed by atoms with Crippen LogP contribution in [-0.4, -0.2) is 34.1 Å². The number of anilines is 2. The lowest BCUT2D eigenvalue weighted by molar-refractivity contribution is -0.142. The number of nitrogens with one attached hydrogen (secondary N) is 1. The normalized spacial score (nSPS) is 16.3. The van der Waals surface area contributed by atoms with Crippen molar-refractivity contribution in [2.24, 2.45) is 5.92 Å². The van der Waals surface area contributed by atoms with Crippen molar-refractivity contribution >= 4 is 29.6 Å². The zero-order valence-electron chi connectivity index (χ0n) is 19.9. The summed E-state index contributed by atoms with van der Waals surface area (Å²) in [4.78, 5) is 22.3. The monoisotopic (exact) mass is 516 g/mol. The van der Waals surface area contributed by atoms with Gasteiger partial charge in [-0.1, -0.05) is 44.2 Å². The highest BCUT2D eigenvalue weighted by Crippen LogP contribution is 2.39. The summed E-state index contributed by atoms with van der Waals surface area (Å²) in [5.41, 5.74) is 0.332. The number of hydrogen-bond acceptors (Lipinski definition) is 6. The van der Waals surface area contributed by atoms with E-state index in [0.29, 0.717) is 29.4 Å². The van der Waals surface area contributed by atoms with E-state index in [9.17, 15) is 23.1 Å². The lowest BCUT2D eigenvalue weighted by Gasteiger charge is -2.31. The first kappa shape index (κ1) is 25.8. The zero-order valence-corrected chi connectivity index (χ0v) is 20.7. The number of pyridine rings is 2. The number of hydrogen-bond donors (Lipinski definition) is 2. The molecule has 0 unspecified atom stereocenters. The van der Waals surface area contributed by atoms with Crippen molar-refractivity contribution in [2.75, 3.05) is 22.7 Å². The smallest absolute Gasteiger partial charge is 0.418 e. The molecule has 10 heteroatoms. The van der Waals surface area contributed by atoms with E-state index >= 15 is 0 Å². The van der Waals surface area contributed by atoms with E-state index in [-0.39, 0.29) is 17.4 Å². The van der Waals surface area contributed by atoms with E-state index in [1.807, 2.05) is 43.0 Å². The van der Waals surface area contributed by atoms with E-state index in [4.69, 9.17) is 0 Å². The van der Waals surface area contributed by atoms with Gasteiger partial charge in [-0.25, -0.2) is 9.97 Å². The third-order valence-corrected chi connectivity index (χ3v) is 6.85. The van der Waals surface area contributed by atoms with Gasteiger partial charge in [0, 0.05) is 30.6 Å². The van der Waals surface area contributed by atoms with Crippen molar-refractivity contribution in [3.63, 3.8) is 0 Å². The number of carboxylic acid groups (broad SMARTS) is 1. The highest BCUT2D eigenvalue weighted by Gasteiger charge is 2.35. The van der Waals surface area contributed by atoms with E-state index in [1.165, 1.54) is 6.07 Å². The van der Waals surface area contributed by atoms with Crippen molar-refractivity contribution in [1.82, 2.24) is 9.97 Å². The second kappa shape index (κ2) is 10.8. The molecule has 0 radical (unpaired) electrons. The second-order valence-electron chi connectivity index (χ2n) is 8.99. The number of carbonyl (C=O) groups is 1. The quantitative estimate of drug-likeness (QED) is 0.338. The summed E-state index contributed by atoms with van der Waals surface area (Å²) in [7, 11) is 0. The summed E-state index contributed by atoms with van der Waals surface area (Å²) in [5.74, 6) is -0.275. The van der Waals surface area contributed by atoms with Crippen molar-refractivity contribution in [1.29, 1.82) is 0 Å². The van der Waals surface area contributed by atoms with Gasteiger partial charge in [-0.3, -0.25) is 4.79 Å². The number of halogens is 3. The van der Waals surface area contributed by atoms with Crippen LogP contribution in [0.5, 0.6) is 0 Å². The number of benzene rings is 1. The molecule has 6 nitrogen and oxygen atoms in total.